The molecule has 0 bridgehead atoms. The number of ether oxygens (including phenoxy) is 1. The van der Waals surface area contributed by atoms with Gasteiger partial charge in [0.2, 0.25) is 0 Å². The summed E-state index contributed by atoms with van der Waals surface area (Å²) >= 11 is 0. The van der Waals surface area contributed by atoms with Crippen molar-refractivity contribution in [3.05, 3.63) is 0 Å². The van der Waals surface area contributed by atoms with E-state index >= 15 is 0 Å². The summed E-state index contributed by atoms with van der Waals surface area (Å²) in [5.41, 5.74) is 0.116. The third-order valence-electron chi connectivity index (χ3n) is 5.84. The molecule has 3 rings (SSSR count). The lowest BCUT2D eigenvalue weighted by atomic mass is 9.82. The average Bonchev–Trinajstić information content (AvgIpc) is 3.01. The molecule has 3 atom stereocenters. The number of rotatable bonds is 4. The Morgan fingerprint density at radius 1 is 1.14 bits per heavy atom. The Balaban J connectivity index is 1.56. The van der Waals surface area contributed by atoms with Gasteiger partial charge < -0.3 is 9.84 Å². The van der Waals surface area contributed by atoms with Crippen LogP contribution in [0.4, 0.5) is 0 Å². The Kier molecular flexibility index (Phi) is 4.63. The molecule has 5 heteroatoms. The highest BCUT2D eigenvalue weighted by molar-refractivity contribution is 7.91. The monoisotopic (exact) mass is 316 g/mol. The molecule has 2 saturated heterocycles. The molecule has 1 aliphatic carbocycles. The molecule has 2 heterocycles. The van der Waals surface area contributed by atoms with E-state index in [9.17, 15) is 13.5 Å². The first-order chi connectivity index (χ1) is 10.0. The van der Waals surface area contributed by atoms with Gasteiger partial charge in [-0.1, -0.05) is 19.3 Å². The fourth-order valence-electron chi connectivity index (χ4n) is 4.57. The highest BCUT2D eigenvalue weighted by Gasteiger charge is 2.42. The van der Waals surface area contributed by atoms with Crippen molar-refractivity contribution in [1.82, 2.24) is 0 Å². The number of hydrogen-bond acceptors (Lipinski definition) is 4. The first-order valence-corrected chi connectivity index (χ1v) is 10.3. The van der Waals surface area contributed by atoms with Gasteiger partial charge in [-0.2, -0.15) is 0 Å². The summed E-state index contributed by atoms with van der Waals surface area (Å²) in [6.45, 7) is 0.0903. The maximum Gasteiger partial charge on any atom is 0.150 e. The number of aliphatic hydroxyl groups excluding tert-OH is 1. The lowest BCUT2D eigenvalue weighted by Gasteiger charge is -2.34. The smallest absolute Gasteiger partial charge is 0.150 e. The minimum Gasteiger partial charge on any atom is -0.396 e. The van der Waals surface area contributed by atoms with Crippen molar-refractivity contribution >= 4 is 9.84 Å². The quantitative estimate of drug-likeness (QED) is 0.864. The van der Waals surface area contributed by atoms with Crippen molar-refractivity contribution in [3.8, 4) is 0 Å². The largest absolute Gasteiger partial charge is 0.396 e. The summed E-state index contributed by atoms with van der Waals surface area (Å²) in [5.74, 6) is 0.775. The van der Waals surface area contributed by atoms with Gasteiger partial charge in [-0.25, -0.2) is 8.42 Å². The SMILES string of the molecule is O=S1(=O)CCC(C(CO)CC2CCC3(CCCCC3)O2)C1. The molecule has 3 unspecified atom stereocenters. The van der Waals surface area contributed by atoms with Crippen molar-refractivity contribution in [2.75, 3.05) is 18.1 Å². The third kappa shape index (κ3) is 3.62. The highest BCUT2D eigenvalue weighted by atomic mass is 32.2. The van der Waals surface area contributed by atoms with Crippen LogP contribution < -0.4 is 0 Å². The van der Waals surface area contributed by atoms with Crippen LogP contribution in [0.3, 0.4) is 0 Å². The van der Waals surface area contributed by atoms with Gasteiger partial charge >= 0.3 is 0 Å². The molecule has 0 radical (unpaired) electrons. The normalized spacial score (nSPS) is 36.0. The van der Waals surface area contributed by atoms with Gasteiger partial charge in [0.25, 0.3) is 0 Å². The number of hydrogen-bond donors (Lipinski definition) is 1. The van der Waals surface area contributed by atoms with Gasteiger partial charge in [0.05, 0.1) is 23.2 Å². The van der Waals surface area contributed by atoms with Crippen molar-refractivity contribution in [1.29, 1.82) is 0 Å². The van der Waals surface area contributed by atoms with E-state index in [4.69, 9.17) is 4.74 Å². The molecule has 0 aromatic rings. The van der Waals surface area contributed by atoms with E-state index < -0.39 is 9.84 Å². The van der Waals surface area contributed by atoms with Crippen LogP contribution in [0.2, 0.25) is 0 Å². The Bertz CT molecular complexity index is 453. The minimum atomic E-state index is -2.86. The Morgan fingerprint density at radius 3 is 2.52 bits per heavy atom. The van der Waals surface area contributed by atoms with Gasteiger partial charge in [-0.3, -0.25) is 0 Å². The van der Waals surface area contributed by atoms with Crippen LogP contribution in [0, 0.1) is 11.8 Å². The van der Waals surface area contributed by atoms with Crippen LogP contribution in [0.15, 0.2) is 0 Å². The Labute approximate surface area is 128 Å². The van der Waals surface area contributed by atoms with E-state index in [2.05, 4.69) is 0 Å². The van der Waals surface area contributed by atoms with Crippen LogP contribution >= 0.6 is 0 Å². The van der Waals surface area contributed by atoms with Crippen molar-refractivity contribution < 1.29 is 18.3 Å². The molecule has 122 valence electrons. The lowest BCUT2D eigenvalue weighted by molar-refractivity contribution is -0.0738. The Hall–Kier alpha value is -0.130. The maximum atomic E-state index is 11.6. The minimum absolute atomic E-state index is 0.0889. The second-order valence-electron chi connectivity index (χ2n) is 7.36. The zero-order valence-electron chi connectivity index (χ0n) is 12.8. The molecule has 3 fully saturated rings. The lowest BCUT2D eigenvalue weighted by Crippen LogP contribution is -2.33. The van der Waals surface area contributed by atoms with E-state index in [0.717, 1.165) is 19.3 Å². The van der Waals surface area contributed by atoms with Gasteiger partial charge in [-0.05, 0) is 50.4 Å². The van der Waals surface area contributed by atoms with E-state index in [-0.39, 0.29) is 35.9 Å². The number of aliphatic hydroxyl groups is 1. The summed E-state index contributed by atoms with van der Waals surface area (Å²) in [6.07, 6.45) is 10.3. The Morgan fingerprint density at radius 2 is 1.90 bits per heavy atom. The van der Waals surface area contributed by atoms with E-state index in [1.54, 1.807) is 0 Å². The fourth-order valence-corrected chi connectivity index (χ4v) is 6.49. The zero-order valence-corrected chi connectivity index (χ0v) is 13.6. The molecule has 1 N–H and O–H groups in total. The molecule has 1 saturated carbocycles. The summed E-state index contributed by atoms with van der Waals surface area (Å²) in [7, 11) is -2.86. The summed E-state index contributed by atoms with van der Waals surface area (Å²) in [5, 5.41) is 9.67. The van der Waals surface area contributed by atoms with E-state index in [1.165, 1.54) is 32.1 Å². The molecular weight excluding hydrogens is 288 g/mol. The van der Waals surface area contributed by atoms with Gasteiger partial charge in [-0.15, -0.1) is 0 Å². The third-order valence-corrected chi connectivity index (χ3v) is 7.63. The van der Waals surface area contributed by atoms with Crippen LogP contribution in [-0.2, 0) is 14.6 Å². The van der Waals surface area contributed by atoms with Gasteiger partial charge in [0.1, 0.15) is 0 Å². The van der Waals surface area contributed by atoms with Crippen LogP contribution in [0.5, 0.6) is 0 Å². The molecule has 0 amide bonds. The molecule has 0 aromatic heterocycles. The van der Waals surface area contributed by atoms with E-state index in [0.29, 0.717) is 12.2 Å². The first kappa shape index (κ1) is 15.8. The van der Waals surface area contributed by atoms with Crippen LogP contribution in [-0.4, -0.2) is 43.3 Å². The maximum absolute atomic E-state index is 11.6. The second kappa shape index (κ2) is 6.17. The summed E-state index contributed by atoms with van der Waals surface area (Å²) < 4.78 is 29.6. The molecule has 2 aliphatic heterocycles. The average molecular weight is 316 g/mol. The van der Waals surface area contributed by atoms with Crippen molar-refractivity contribution in [2.24, 2.45) is 11.8 Å². The second-order valence-corrected chi connectivity index (χ2v) is 9.59. The molecule has 0 aromatic carbocycles. The standard InChI is InChI=1S/C16H28O4S/c17-11-14(13-5-9-21(18,19)12-13)10-15-4-8-16(20-15)6-2-1-3-7-16/h13-15,17H,1-12H2. The predicted octanol–water partition coefficient (Wildman–Crippen LogP) is 2.30. The molecule has 4 nitrogen and oxygen atoms in total. The number of sulfone groups is 1. The van der Waals surface area contributed by atoms with Crippen molar-refractivity contribution in [3.63, 3.8) is 0 Å². The molecule has 21 heavy (non-hydrogen) atoms. The molecular formula is C16H28O4S. The topological polar surface area (TPSA) is 63.6 Å². The van der Waals surface area contributed by atoms with Crippen LogP contribution in [0.1, 0.15) is 57.8 Å². The van der Waals surface area contributed by atoms with E-state index in [1.807, 2.05) is 0 Å². The van der Waals surface area contributed by atoms with Crippen LogP contribution in [0.25, 0.3) is 0 Å². The summed E-state index contributed by atoms with van der Waals surface area (Å²) in [6, 6.07) is 0. The van der Waals surface area contributed by atoms with Gasteiger partial charge in [0, 0.05) is 6.61 Å². The zero-order chi connectivity index (χ0) is 14.9. The molecule has 3 aliphatic rings. The van der Waals surface area contributed by atoms with Gasteiger partial charge in [0.15, 0.2) is 9.84 Å². The molecule has 1 spiro atoms. The highest BCUT2D eigenvalue weighted by Crippen LogP contribution is 2.44. The predicted molar refractivity (Wildman–Crippen MR) is 81.9 cm³/mol. The first-order valence-electron chi connectivity index (χ1n) is 8.51. The van der Waals surface area contributed by atoms with Crippen molar-refractivity contribution in [2.45, 2.75) is 69.5 Å². The fraction of sp³-hybridized carbons (Fsp3) is 1.00. The summed E-state index contributed by atoms with van der Waals surface area (Å²) in [4.78, 5) is 0.